The first-order chi connectivity index (χ1) is 12.2. The normalized spacial score (nSPS) is 10.3. The van der Waals surface area contributed by atoms with E-state index >= 15 is 0 Å². The second-order valence-corrected chi connectivity index (χ2v) is 5.41. The Bertz CT molecular complexity index is 868. The number of benzene rings is 2. The molecule has 0 aliphatic carbocycles. The van der Waals surface area contributed by atoms with Gasteiger partial charge in [-0.3, -0.25) is 9.78 Å². The van der Waals surface area contributed by atoms with E-state index in [1.807, 2.05) is 43.3 Å². The van der Waals surface area contributed by atoms with E-state index in [0.717, 1.165) is 17.9 Å². The van der Waals surface area contributed by atoms with Crippen LogP contribution < -0.4 is 10.2 Å². The molecule has 4 nitrogen and oxygen atoms in total. The van der Waals surface area contributed by atoms with Crippen LogP contribution in [0.5, 0.6) is 0 Å². The Labute approximate surface area is 145 Å². The summed E-state index contributed by atoms with van der Waals surface area (Å²) in [5, 5.41) is 2.56. The molecule has 1 heterocycles. The first-order valence-corrected chi connectivity index (χ1v) is 8.03. The van der Waals surface area contributed by atoms with Crippen molar-refractivity contribution < 1.29 is 9.18 Å². The summed E-state index contributed by atoms with van der Waals surface area (Å²) in [5.41, 5.74) is 2.24. The van der Waals surface area contributed by atoms with E-state index in [2.05, 4.69) is 15.2 Å². The highest BCUT2D eigenvalue weighted by Crippen LogP contribution is 2.25. The molecule has 1 amide bonds. The number of carbonyl (C=O) groups is 1. The van der Waals surface area contributed by atoms with Crippen LogP contribution in [0.3, 0.4) is 0 Å². The number of hydrogen-bond donors (Lipinski definition) is 1. The van der Waals surface area contributed by atoms with Crippen molar-refractivity contribution in [3.63, 3.8) is 0 Å². The third-order valence-electron chi connectivity index (χ3n) is 3.79. The fraction of sp³-hybridized carbons (Fsp3) is 0.100. The highest BCUT2D eigenvalue weighted by Gasteiger charge is 2.13. The van der Waals surface area contributed by atoms with Crippen molar-refractivity contribution in [3.05, 3.63) is 84.4 Å². The lowest BCUT2D eigenvalue weighted by molar-refractivity contribution is 0.102. The predicted octanol–water partition coefficient (Wildman–Crippen LogP) is 4.63. The summed E-state index contributed by atoms with van der Waals surface area (Å²) in [4.78, 5) is 18.6. The third-order valence-corrected chi connectivity index (χ3v) is 3.79. The number of rotatable bonds is 5. The summed E-state index contributed by atoms with van der Waals surface area (Å²) in [5.74, 6) is -0.928. The number of nitrogens with one attached hydrogen (secondary N) is 1. The quantitative estimate of drug-likeness (QED) is 0.739. The van der Waals surface area contributed by atoms with Crippen molar-refractivity contribution in [1.29, 1.82) is 0 Å². The van der Waals surface area contributed by atoms with Gasteiger partial charge in [0, 0.05) is 24.1 Å². The van der Waals surface area contributed by atoms with E-state index in [9.17, 15) is 9.18 Å². The minimum absolute atomic E-state index is 0.134. The lowest BCUT2D eigenvalue weighted by Gasteiger charge is -2.23. The first-order valence-electron chi connectivity index (χ1n) is 8.03. The van der Waals surface area contributed by atoms with Gasteiger partial charge in [-0.05, 0) is 43.3 Å². The molecule has 3 aromatic rings. The molecule has 5 heteroatoms. The van der Waals surface area contributed by atoms with Crippen molar-refractivity contribution in [3.8, 4) is 0 Å². The third kappa shape index (κ3) is 3.83. The van der Waals surface area contributed by atoms with Crippen molar-refractivity contribution in [1.82, 2.24) is 4.98 Å². The largest absolute Gasteiger partial charge is 0.342 e. The van der Waals surface area contributed by atoms with Crippen LogP contribution in [-0.4, -0.2) is 17.4 Å². The lowest BCUT2D eigenvalue weighted by atomic mass is 10.2. The fourth-order valence-corrected chi connectivity index (χ4v) is 2.58. The molecule has 0 radical (unpaired) electrons. The van der Waals surface area contributed by atoms with Gasteiger partial charge < -0.3 is 10.2 Å². The van der Waals surface area contributed by atoms with Crippen LogP contribution in [-0.2, 0) is 0 Å². The molecule has 0 spiro atoms. The SMILES string of the molecule is CCN(c1ccccc1)c1ccnc(C(=O)Nc2ccccc2F)c1. The molecule has 25 heavy (non-hydrogen) atoms. The van der Waals surface area contributed by atoms with Crippen LogP contribution in [0.4, 0.5) is 21.5 Å². The van der Waals surface area contributed by atoms with E-state index in [-0.39, 0.29) is 11.4 Å². The zero-order valence-corrected chi connectivity index (χ0v) is 13.8. The number of anilines is 3. The van der Waals surface area contributed by atoms with E-state index in [0.29, 0.717) is 0 Å². The van der Waals surface area contributed by atoms with Gasteiger partial charge in [0.2, 0.25) is 0 Å². The summed E-state index contributed by atoms with van der Waals surface area (Å²) in [6.07, 6.45) is 1.58. The zero-order chi connectivity index (χ0) is 17.6. The first kappa shape index (κ1) is 16.6. The average Bonchev–Trinajstić information content (AvgIpc) is 2.65. The second-order valence-electron chi connectivity index (χ2n) is 5.41. The van der Waals surface area contributed by atoms with Crippen molar-refractivity contribution in [2.45, 2.75) is 6.92 Å². The van der Waals surface area contributed by atoms with E-state index in [4.69, 9.17) is 0 Å². The van der Waals surface area contributed by atoms with Crippen LogP contribution in [0.25, 0.3) is 0 Å². The smallest absolute Gasteiger partial charge is 0.274 e. The average molecular weight is 335 g/mol. The van der Waals surface area contributed by atoms with Crippen LogP contribution in [0.2, 0.25) is 0 Å². The molecule has 0 unspecified atom stereocenters. The predicted molar refractivity (Wildman–Crippen MR) is 97.7 cm³/mol. The summed E-state index contributed by atoms with van der Waals surface area (Å²) < 4.78 is 13.7. The number of amides is 1. The summed E-state index contributed by atoms with van der Waals surface area (Å²) >= 11 is 0. The number of nitrogens with zero attached hydrogens (tertiary/aromatic N) is 2. The maximum Gasteiger partial charge on any atom is 0.274 e. The van der Waals surface area contributed by atoms with Gasteiger partial charge in [-0.2, -0.15) is 0 Å². The number of hydrogen-bond acceptors (Lipinski definition) is 3. The molecule has 3 rings (SSSR count). The number of carbonyl (C=O) groups excluding carboxylic acids is 1. The van der Waals surface area contributed by atoms with Crippen molar-refractivity contribution >= 4 is 23.0 Å². The number of aromatic nitrogens is 1. The number of pyridine rings is 1. The van der Waals surface area contributed by atoms with Gasteiger partial charge >= 0.3 is 0 Å². The Kier molecular flexibility index (Phi) is 5.04. The topological polar surface area (TPSA) is 45.2 Å². The number of halogens is 1. The van der Waals surface area contributed by atoms with Gasteiger partial charge in [0.1, 0.15) is 11.5 Å². The number of para-hydroxylation sites is 2. The van der Waals surface area contributed by atoms with Gasteiger partial charge in [-0.1, -0.05) is 30.3 Å². The summed E-state index contributed by atoms with van der Waals surface area (Å²) in [6, 6.07) is 19.5. The van der Waals surface area contributed by atoms with Gasteiger partial charge in [0.25, 0.3) is 5.91 Å². The fourth-order valence-electron chi connectivity index (χ4n) is 2.58. The van der Waals surface area contributed by atoms with E-state index in [1.54, 1.807) is 24.4 Å². The van der Waals surface area contributed by atoms with E-state index in [1.165, 1.54) is 12.1 Å². The van der Waals surface area contributed by atoms with Gasteiger partial charge in [-0.25, -0.2) is 4.39 Å². The molecule has 1 N–H and O–H groups in total. The van der Waals surface area contributed by atoms with Crippen LogP contribution in [0, 0.1) is 5.82 Å². The van der Waals surface area contributed by atoms with Gasteiger partial charge in [0.15, 0.2) is 0 Å². The van der Waals surface area contributed by atoms with Crippen LogP contribution >= 0.6 is 0 Å². The molecule has 0 bridgehead atoms. The molecule has 0 fully saturated rings. The second kappa shape index (κ2) is 7.57. The molecule has 0 atom stereocenters. The maximum absolute atomic E-state index is 13.7. The molecule has 2 aromatic carbocycles. The highest BCUT2D eigenvalue weighted by molar-refractivity contribution is 6.03. The Morgan fingerprint density at radius 1 is 1.04 bits per heavy atom. The van der Waals surface area contributed by atoms with Gasteiger partial charge in [-0.15, -0.1) is 0 Å². The minimum Gasteiger partial charge on any atom is -0.342 e. The molecular weight excluding hydrogens is 317 g/mol. The maximum atomic E-state index is 13.7. The Morgan fingerprint density at radius 2 is 1.76 bits per heavy atom. The molecule has 0 saturated carbocycles. The summed E-state index contributed by atoms with van der Waals surface area (Å²) in [6.45, 7) is 2.77. The van der Waals surface area contributed by atoms with Crippen LogP contribution in [0.1, 0.15) is 17.4 Å². The van der Waals surface area contributed by atoms with Crippen molar-refractivity contribution in [2.24, 2.45) is 0 Å². The van der Waals surface area contributed by atoms with Crippen molar-refractivity contribution in [2.75, 3.05) is 16.8 Å². The summed E-state index contributed by atoms with van der Waals surface area (Å²) in [7, 11) is 0. The van der Waals surface area contributed by atoms with Crippen LogP contribution in [0.15, 0.2) is 72.9 Å². The monoisotopic (exact) mass is 335 g/mol. The Morgan fingerprint density at radius 3 is 2.48 bits per heavy atom. The molecule has 0 aliphatic rings. The molecule has 1 aromatic heterocycles. The zero-order valence-electron chi connectivity index (χ0n) is 13.8. The molecule has 126 valence electrons. The standard InChI is InChI=1S/C20H18FN3O/c1-2-24(15-8-4-3-5-9-15)16-12-13-22-19(14-16)20(25)23-18-11-7-6-10-17(18)21/h3-14H,2H2,1H3,(H,23,25). The molecule has 0 saturated heterocycles. The van der Waals surface area contributed by atoms with Gasteiger partial charge in [0.05, 0.1) is 5.69 Å². The Hall–Kier alpha value is -3.21. The lowest BCUT2D eigenvalue weighted by Crippen LogP contribution is -2.18. The minimum atomic E-state index is -0.480. The molecular formula is C20H18FN3O. The van der Waals surface area contributed by atoms with E-state index < -0.39 is 11.7 Å². The Balaban J connectivity index is 1.86. The highest BCUT2D eigenvalue weighted by atomic mass is 19.1. The molecule has 0 aliphatic heterocycles.